The summed E-state index contributed by atoms with van der Waals surface area (Å²) in [5.41, 5.74) is 2.69. The number of aliphatic hydroxyl groups is 1. The Morgan fingerprint density at radius 2 is 2.00 bits per heavy atom. The zero-order valence-corrected chi connectivity index (χ0v) is 12.8. The number of thioether (sulfide) groups is 1. The number of benzene rings is 2. The van der Waals surface area contributed by atoms with Gasteiger partial charge in [-0.05, 0) is 37.1 Å². The van der Waals surface area contributed by atoms with Gasteiger partial charge in [-0.25, -0.2) is 0 Å². The van der Waals surface area contributed by atoms with Crippen molar-refractivity contribution in [3.05, 3.63) is 69.3 Å². The summed E-state index contributed by atoms with van der Waals surface area (Å²) in [6, 6.07) is 12.9. The highest BCUT2D eigenvalue weighted by atomic mass is 32.2. The highest BCUT2D eigenvalue weighted by Gasteiger charge is 2.13. The number of hydrogen-bond acceptors (Lipinski definition) is 4. The van der Waals surface area contributed by atoms with Gasteiger partial charge in [0.05, 0.1) is 11.0 Å². The Morgan fingerprint density at radius 3 is 2.67 bits per heavy atom. The molecule has 0 radical (unpaired) electrons. The van der Waals surface area contributed by atoms with Gasteiger partial charge in [0.15, 0.2) is 0 Å². The van der Waals surface area contributed by atoms with E-state index in [1.54, 1.807) is 31.7 Å². The van der Waals surface area contributed by atoms with E-state index in [2.05, 4.69) is 0 Å². The molecule has 2 rings (SSSR count). The molecule has 0 fully saturated rings. The Hall–Kier alpha value is -1.85. The molecule has 110 valence electrons. The SMILES string of the molecule is Cc1c(CSc2cccc(C(C)O)c2)cccc1[N+](=O)[O-]. The lowest BCUT2D eigenvalue weighted by molar-refractivity contribution is -0.385. The van der Waals surface area contributed by atoms with Crippen LogP contribution in [-0.4, -0.2) is 10.0 Å². The summed E-state index contributed by atoms with van der Waals surface area (Å²) in [5, 5.41) is 20.5. The number of nitro benzene ring substituents is 1. The first-order valence-electron chi connectivity index (χ1n) is 6.62. The molecule has 2 aromatic carbocycles. The van der Waals surface area contributed by atoms with Crippen LogP contribution in [0.15, 0.2) is 47.4 Å². The predicted octanol–water partition coefficient (Wildman–Crippen LogP) is 4.25. The van der Waals surface area contributed by atoms with Crippen LogP contribution in [0.4, 0.5) is 5.69 Å². The monoisotopic (exact) mass is 303 g/mol. The van der Waals surface area contributed by atoms with Gasteiger partial charge in [-0.1, -0.05) is 24.3 Å². The third-order valence-corrected chi connectivity index (χ3v) is 4.39. The van der Waals surface area contributed by atoms with Gasteiger partial charge in [-0.3, -0.25) is 10.1 Å². The maximum atomic E-state index is 10.9. The highest BCUT2D eigenvalue weighted by Crippen LogP contribution is 2.29. The van der Waals surface area contributed by atoms with E-state index in [0.29, 0.717) is 11.3 Å². The second-order valence-electron chi connectivity index (χ2n) is 4.86. The minimum Gasteiger partial charge on any atom is -0.389 e. The van der Waals surface area contributed by atoms with Crippen LogP contribution in [-0.2, 0) is 5.75 Å². The summed E-state index contributed by atoms with van der Waals surface area (Å²) in [4.78, 5) is 11.6. The second-order valence-corrected chi connectivity index (χ2v) is 5.90. The molecule has 0 spiro atoms. The van der Waals surface area contributed by atoms with Crippen LogP contribution in [0, 0.1) is 17.0 Å². The zero-order valence-electron chi connectivity index (χ0n) is 11.9. The molecule has 0 aliphatic rings. The summed E-state index contributed by atoms with van der Waals surface area (Å²) in [6.07, 6.45) is -0.495. The Labute approximate surface area is 128 Å². The van der Waals surface area contributed by atoms with E-state index in [1.807, 2.05) is 30.3 Å². The normalized spacial score (nSPS) is 12.1. The van der Waals surface area contributed by atoms with Crippen molar-refractivity contribution in [2.75, 3.05) is 0 Å². The minimum atomic E-state index is -0.495. The summed E-state index contributed by atoms with van der Waals surface area (Å²) in [7, 11) is 0. The fraction of sp³-hybridized carbons (Fsp3) is 0.250. The number of hydrogen-bond donors (Lipinski definition) is 1. The topological polar surface area (TPSA) is 63.4 Å². The Balaban J connectivity index is 2.15. The molecule has 21 heavy (non-hydrogen) atoms. The summed E-state index contributed by atoms with van der Waals surface area (Å²) < 4.78 is 0. The van der Waals surface area contributed by atoms with E-state index >= 15 is 0 Å². The van der Waals surface area contributed by atoms with Gasteiger partial charge >= 0.3 is 0 Å². The quantitative estimate of drug-likeness (QED) is 0.509. The van der Waals surface area contributed by atoms with Crippen molar-refractivity contribution in [3.63, 3.8) is 0 Å². The lowest BCUT2D eigenvalue weighted by Gasteiger charge is -2.09. The van der Waals surface area contributed by atoms with Crippen molar-refractivity contribution < 1.29 is 10.0 Å². The molecule has 1 unspecified atom stereocenters. The van der Waals surface area contributed by atoms with Crippen molar-refractivity contribution in [2.24, 2.45) is 0 Å². The third kappa shape index (κ3) is 3.83. The molecule has 2 aromatic rings. The van der Waals surface area contributed by atoms with E-state index in [-0.39, 0.29) is 10.6 Å². The first-order valence-corrected chi connectivity index (χ1v) is 7.61. The molecule has 0 bridgehead atoms. The summed E-state index contributed by atoms with van der Waals surface area (Å²) in [6.45, 7) is 3.51. The first kappa shape index (κ1) is 15.5. The van der Waals surface area contributed by atoms with Crippen molar-refractivity contribution >= 4 is 17.4 Å². The molecule has 0 saturated carbocycles. The molecule has 0 aliphatic carbocycles. The molecule has 1 N–H and O–H groups in total. The molecule has 0 amide bonds. The van der Waals surface area contributed by atoms with Gasteiger partial charge in [-0.2, -0.15) is 0 Å². The van der Waals surface area contributed by atoms with Gasteiger partial charge in [0.1, 0.15) is 0 Å². The maximum Gasteiger partial charge on any atom is 0.272 e. The van der Waals surface area contributed by atoms with Crippen LogP contribution in [0.25, 0.3) is 0 Å². The lowest BCUT2D eigenvalue weighted by atomic mass is 10.1. The standard InChI is InChI=1S/C16H17NO3S/c1-11-14(6-4-8-16(11)17(19)20)10-21-15-7-3-5-13(9-15)12(2)18/h3-9,12,18H,10H2,1-2H3. The Morgan fingerprint density at radius 1 is 1.29 bits per heavy atom. The van der Waals surface area contributed by atoms with E-state index in [0.717, 1.165) is 16.0 Å². The van der Waals surface area contributed by atoms with Crippen molar-refractivity contribution in [1.82, 2.24) is 0 Å². The third-order valence-electron chi connectivity index (χ3n) is 3.35. The predicted molar refractivity (Wildman–Crippen MR) is 84.5 cm³/mol. The number of nitro groups is 1. The summed E-state index contributed by atoms with van der Waals surface area (Å²) >= 11 is 1.61. The molecule has 5 heteroatoms. The number of aliphatic hydroxyl groups excluding tert-OH is 1. The lowest BCUT2D eigenvalue weighted by Crippen LogP contribution is -1.95. The fourth-order valence-electron chi connectivity index (χ4n) is 2.05. The smallest absolute Gasteiger partial charge is 0.272 e. The molecular formula is C16H17NO3S. The van der Waals surface area contributed by atoms with Crippen LogP contribution >= 0.6 is 11.8 Å². The van der Waals surface area contributed by atoms with Crippen LogP contribution in [0.1, 0.15) is 29.7 Å². The minimum absolute atomic E-state index is 0.158. The van der Waals surface area contributed by atoms with Gasteiger partial charge in [0, 0.05) is 22.3 Å². The van der Waals surface area contributed by atoms with Gasteiger partial charge in [0.2, 0.25) is 0 Å². The zero-order chi connectivity index (χ0) is 15.4. The van der Waals surface area contributed by atoms with Crippen molar-refractivity contribution in [1.29, 1.82) is 0 Å². The van der Waals surface area contributed by atoms with Crippen LogP contribution in [0.5, 0.6) is 0 Å². The highest BCUT2D eigenvalue weighted by molar-refractivity contribution is 7.98. The average Bonchev–Trinajstić information content (AvgIpc) is 2.46. The van der Waals surface area contributed by atoms with Crippen LogP contribution < -0.4 is 0 Å². The second kappa shape index (κ2) is 6.74. The Bertz CT molecular complexity index is 656. The van der Waals surface area contributed by atoms with E-state index in [9.17, 15) is 15.2 Å². The van der Waals surface area contributed by atoms with Gasteiger partial charge in [-0.15, -0.1) is 11.8 Å². The van der Waals surface area contributed by atoms with Gasteiger partial charge < -0.3 is 5.11 Å². The van der Waals surface area contributed by atoms with E-state index in [1.165, 1.54) is 6.07 Å². The van der Waals surface area contributed by atoms with Crippen LogP contribution in [0.3, 0.4) is 0 Å². The fourth-order valence-corrected chi connectivity index (χ4v) is 3.08. The van der Waals surface area contributed by atoms with Crippen molar-refractivity contribution in [3.8, 4) is 0 Å². The van der Waals surface area contributed by atoms with E-state index < -0.39 is 6.10 Å². The summed E-state index contributed by atoms with van der Waals surface area (Å²) in [5.74, 6) is 0.663. The maximum absolute atomic E-state index is 10.9. The number of rotatable bonds is 5. The molecule has 1 atom stereocenters. The van der Waals surface area contributed by atoms with Crippen LogP contribution in [0.2, 0.25) is 0 Å². The molecule has 0 heterocycles. The van der Waals surface area contributed by atoms with Crippen molar-refractivity contribution in [2.45, 2.75) is 30.6 Å². The molecule has 0 saturated heterocycles. The average molecular weight is 303 g/mol. The molecule has 0 aromatic heterocycles. The number of nitrogens with zero attached hydrogens (tertiary/aromatic N) is 1. The van der Waals surface area contributed by atoms with E-state index in [4.69, 9.17) is 0 Å². The largest absolute Gasteiger partial charge is 0.389 e. The Kier molecular flexibility index (Phi) is 4.98. The van der Waals surface area contributed by atoms with Gasteiger partial charge in [0.25, 0.3) is 5.69 Å². The molecular weight excluding hydrogens is 286 g/mol. The molecule has 4 nitrogen and oxygen atoms in total. The molecule has 0 aliphatic heterocycles. The first-order chi connectivity index (χ1) is 9.99.